The average Bonchev–Trinajstić information content (AvgIpc) is 3.10. The quantitative estimate of drug-likeness (QED) is 0.820. The Balaban J connectivity index is 1.51. The molecular formula is C18H21Cl2N3OS. The van der Waals surface area contributed by atoms with E-state index in [1.165, 1.54) is 5.56 Å². The zero-order valence-electron chi connectivity index (χ0n) is 14.0. The Morgan fingerprint density at radius 2 is 2.00 bits per heavy atom. The lowest BCUT2D eigenvalue weighted by molar-refractivity contribution is -0.121. The highest BCUT2D eigenvalue weighted by atomic mass is 35.5. The van der Waals surface area contributed by atoms with Crippen molar-refractivity contribution in [2.24, 2.45) is 0 Å². The summed E-state index contributed by atoms with van der Waals surface area (Å²) in [5.74, 6) is -0.0458. The first kappa shape index (κ1) is 18.7. The summed E-state index contributed by atoms with van der Waals surface area (Å²) in [5.41, 5.74) is 1.96. The van der Waals surface area contributed by atoms with Gasteiger partial charge in [0.05, 0.1) is 16.8 Å². The van der Waals surface area contributed by atoms with Crippen LogP contribution in [-0.4, -0.2) is 47.9 Å². The summed E-state index contributed by atoms with van der Waals surface area (Å²) < 4.78 is 0. The molecule has 0 unspecified atom stereocenters. The molecule has 3 rings (SSSR count). The Bertz CT molecular complexity index is 715. The third-order valence-electron chi connectivity index (χ3n) is 4.51. The molecule has 0 radical (unpaired) electrons. The van der Waals surface area contributed by atoms with Crippen molar-refractivity contribution in [3.63, 3.8) is 0 Å². The van der Waals surface area contributed by atoms with E-state index in [1.807, 2.05) is 6.92 Å². The predicted octanol–water partition coefficient (Wildman–Crippen LogP) is 4.20. The SMILES string of the molecule is C[C@@H](C(=O)Nc1ccc(Cl)cc1Cl)N1CCN(Cc2ccsc2)CC1. The Labute approximate surface area is 162 Å². The van der Waals surface area contributed by atoms with Crippen molar-refractivity contribution in [3.8, 4) is 0 Å². The normalized spacial score (nSPS) is 17.4. The molecule has 1 saturated heterocycles. The summed E-state index contributed by atoms with van der Waals surface area (Å²) in [6, 6.07) is 7.05. The monoisotopic (exact) mass is 397 g/mol. The van der Waals surface area contributed by atoms with Gasteiger partial charge in [-0.1, -0.05) is 23.2 Å². The number of nitrogens with one attached hydrogen (secondary N) is 1. The minimum absolute atomic E-state index is 0.0458. The molecule has 0 bridgehead atoms. The van der Waals surface area contributed by atoms with Crippen molar-refractivity contribution < 1.29 is 4.79 Å². The van der Waals surface area contributed by atoms with Gasteiger partial charge in [0.1, 0.15) is 0 Å². The molecule has 1 atom stereocenters. The van der Waals surface area contributed by atoms with Crippen LogP contribution >= 0.6 is 34.5 Å². The molecule has 134 valence electrons. The summed E-state index contributed by atoms with van der Waals surface area (Å²) in [7, 11) is 0. The summed E-state index contributed by atoms with van der Waals surface area (Å²) >= 11 is 13.8. The summed E-state index contributed by atoms with van der Waals surface area (Å²) in [6.45, 7) is 6.62. The van der Waals surface area contributed by atoms with Gasteiger partial charge < -0.3 is 5.32 Å². The highest BCUT2D eigenvalue weighted by Crippen LogP contribution is 2.25. The number of amides is 1. The first-order valence-corrected chi connectivity index (χ1v) is 9.96. The molecule has 0 aliphatic carbocycles. The van der Waals surface area contributed by atoms with Crippen LogP contribution in [0, 0.1) is 0 Å². The van der Waals surface area contributed by atoms with Crippen LogP contribution in [0.1, 0.15) is 12.5 Å². The molecule has 1 aliphatic rings. The number of thiophene rings is 1. The number of carbonyl (C=O) groups excluding carboxylic acids is 1. The Hall–Kier alpha value is -1.11. The van der Waals surface area contributed by atoms with E-state index < -0.39 is 0 Å². The van der Waals surface area contributed by atoms with Crippen LogP contribution in [0.2, 0.25) is 10.0 Å². The number of carbonyl (C=O) groups is 1. The maximum Gasteiger partial charge on any atom is 0.241 e. The van der Waals surface area contributed by atoms with Gasteiger partial charge in [-0.3, -0.25) is 14.6 Å². The number of anilines is 1. The first-order valence-electron chi connectivity index (χ1n) is 8.26. The van der Waals surface area contributed by atoms with Crippen molar-refractivity contribution in [2.45, 2.75) is 19.5 Å². The fourth-order valence-corrected chi connectivity index (χ4v) is 4.06. The van der Waals surface area contributed by atoms with Gasteiger partial charge in [-0.15, -0.1) is 0 Å². The van der Waals surface area contributed by atoms with Gasteiger partial charge in [0.25, 0.3) is 0 Å². The third kappa shape index (κ3) is 4.96. The van der Waals surface area contributed by atoms with Crippen LogP contribution in [0.3, 0.4) is 0 Å². The standard InChI is InChI=1S/C18H21Cl2N3OS/c1-13(18(24)21-17-3-2-15(19)10-16(17)20)23-7-5-22(6-8-23)11-14-4-9-25-12-14/h2-4,9-10,12-13H,5-8,11H2,1H3,(H,21,24)/t13-/m0/s1. The molecule has 4 nitrogen and oxygen atoms in total. The lowest BCUT2D eigenvalue weighted by Gasteiger charge is -2.37. The van der Waals surface area contributed by atoms with Crippen molar-refractivity contribution in [3.05, 3.63) is 50.6 Å². The number of hydrogen-bond donors (Lipinski definition) is 1. The zero-order valence-corrected chi connectivity index (χ0v) is 16.4. The second-order valence-corrected chi connectivity index (χ2v) is 7.86. The maximum atomic E-state index is 12.5. The van der Waals surface area contributed by atoms with Gasteiger partial charge in [0.15, 0.2) is 0 Å². The number of hydrogen-bond acceptors (Lipinski definition) is 4. The molecule has 0 saturated carbocycles. The predicted molar refractivity (Wildman–Crippen MR) is 106 cm³/mol. The van der Waals surface area contributed by atoms with Crippen molar-refractivity contribution >= 4 is 46.1 Å². The Kier molecular flexibility index (Phi) is 6.36. The van der Waals surface area contributed by atoms with E-state index in [9.17, 15) is 4.79 Å². The fraction of sp³-hybridized carbons (Fsp3) is 0.389. The van der Waals surface area contributed by atoms with Gasteiger partial charge in [0, 0.05) is 37.7 Å². The molecule has 1 N–H and O–H groups in total. The summed E-state index contributed by atoms with van der Waals surface area (Å²) in [4.78, 5) is 17.2. The van der Waals surface area contributed by atoms with Crippen LogP contribution in [0.25, 0.3) is 0 Å². The topological polar surface area (TPSA) is 35.6 Å². The number of rotatable bonds is 5. The third-order valence-corrected chi connectivity index (χ3v) is 5.79. The molecule has 1 fully saturated rings. The van der Waals surface area contributed by atoms with Crippen LogP contribution in [0.5, 0.6) is 0 Å². The van der Waals surface area contributed by atoms with Gasteiger partial charge in [-0.2, -0.15) is 11.3 Å². The highest BCUT2D eigenvalue weighted by Gasteiger charge is 2.26. The van der Waals surface area contributed by atoms with Crippen LogP contribution in [-0.2, 0) is 11.3 Å². The van der Waals surface area contributed by atoms with E-state index in [0.29, 0.717) is 15.7 Å². The minimum Gasteiger partial charge on any atom is -0.323 e. The molecule has 1 amide bonds. The Morgan fingerprint density at radius 3 is 2.64 bits per heavy atom. The smallest absolute Gasteiger partial charge is 0.241 e. The van der Waals surface area contributed by atoms with Gasteiger partial charge in [-0.05, 0) is 47.5 Å². The largest absolute Gasteiger partial charge is 0.323 e. The zero-order chi connectivity index (χ0) is 17.8. The van der Waals surface area contributed by atoms with Gasteiger partial charge in [0.2, 0.25) is 5.91 Å². The van der Waals surface area contributed by atoms with Crippen LogP contribution < -0.4 is 5.32 Å². The first-order chi connectivity index (χ1) is 12.0. The molecule has 1 aliphatic heterocycles. The number of nitrogens with zero attached hydrogens (tertiary/aromatic N) is 2. The number of benzene rings is 1. The summed E-state index contributed by atoms with van der Waals surface area (Å²) in [5, 5.41) is 8.21. The minimum atomic E-state index is -0.199. The van der Waals surface area contributed by atoms with Crippen LogP contribution in [0.15, 0.2) is 35.0 Å². The molecular weight excluding hydrogens is 377 g/mol. The van der Waals surface area contributed by atoms with E-state index >= 15 is 0 Å². The lowest BCUT2D eigenvalue weighted by Crippen LogP contribution is -2.52. The van der Waals surface area contributed by atoms with E-state index in [0.717, 1.165) is 32.7 Å². The second kappa shape index (κ2) is 8.52. The molecule has 2 aromatic rings. The van der Waals surface area contributed by atoms with E-state index in [1.54, 1.807) is 29.5 Å². The summed E-state index contributed by atoms with van der Waals surface area (Å²) in [6.07, 6.45) is 0. The maximum absolute atomic E-state index is 12.5. The highest BCUT2D eigenvalue weighted by molar-refractivity contribution is 7.07. The van der Waals surface area contributed by atoms with Gasteiger partial charge >= 0.3 is 0 Å². The van der Waals surface area contributed by atoms with Gasteiger partial charge in [-0.25, -0.2) is 0 Å². The second-order valence-electron chi connectivity index (χ2n) is 6.23. The molecule has 7 heteroatoms. The molecule has 25 heavy (non-hydrogen) atoms. The fourth-order valence-electron chi connectivity index (χ4n) is 2.94. The molecule has 2 heterocycles. The number of halogens is 2. The Morgan fingerprint density at radius 1 is 1.24 bits per heavy atom. The van der Waals surface area contributed by atoms with Crippen molar-refractivity contribution in [2.75, 3.05) is 31.5 Å². The van der Waals surface area contributed by atoms with E-state index in [-0.39, 0.29) is 11.9 Å². The van der Waals surface area contributed by atoms with Crippen LogP contribution in [0.4, 0.5) is 5.69 Å². The van der Waals surface area contributed by atoms with Crippen molar-refractivity contribution in [1.82, 2.24) is 9.80 Å². The molecule has 0 spiro atoms. The average molecular weight is 398 g/mol. The van der Waals surface area contributed by atoms with Crippen molar-refractivity contribution in [1.29, 1.82) is 0 Å². The number of piperazine rings is 1. The van der Waals surface area contributed by atoms with E-state index in [2.05, 4.69) is 31.9 Å². The molecule has 1 aromatic carbocycles. The van der Waals surface area contributed by atoms with E-state index in [4.69, 9.17) is 23.2 Å². The molecule has 1 aromatic heterocycles. The lowest BCUT2D eigenvalue weighted by atomic mass is 10.2.